The van der Waals surface area contributed by atoms with Crippen molar-refractivity contribution >= 4 is 5.91 Å². The lowest BCUT2D eigenvalue weighted by molar-refractivity contribution is -0.122. The van der Waals surface area contributed by atoms with Gasteiger partial charge in [-0.1, -0.05) is 0 Å². The molecule has 5 heteroatoms. The van der Waals surface area contributed by atoms with Crippen LogP contribution in [0.5, 0.6) is 0 Å². The molecule has 2 N–H and O–H groups in total. The number of morpholine rings is 1. The Labute approximate surface area is 97.5 Å². The minimum atomic E-state index is -0.102. The van der Waals surface area contributed by atoms with E-state index < -0.39 is 0 Å². The van der Waals surface area contributed by atoms with Gasteiger partial charge in [0.25, 0.3) is 0 Å². The van der Waals surface area contributed by atoms with Crippen LogP contribution in [0.4, 0.5) is 0 Å². The van der Waals surface area contributed by atoms with E-state index in [2.05, 4.69) is 15.5 Å². The molecule has 0 saturated carbocycles. The maximum atomic E-state index is 11.2. The summed E-state index contributed by atoms with van der Waals surface area (Å²) in [6.45, 7) is 7.61. The molecular formula is C11H23N3O2. The highest BCUT2D eigenvalue weighted by molar-refractivity contribution is 5.80. The van der Waals surface area contributed by atoms with Gasteiger partial charge >= 0.3 is 0 Å². The van der Waals surface area contributed by atoms with Crippen molar-refractivity contribution in [3.8, 4) is 0 Å². The first kappa shape index (κ1) is 13.4. The molecular weight excluding hydrogens is 206 g/mol. The van der Waals surface area contributed by atoms with Crippen molar-refractivity contribution in [2.45, 2.75) is 19.4 Å². The predicted octanol–water partition coefficient (Wildman–Crippen LogP) is -0.567. The van der Waals surface area contributed by atoms with Crippen molar-refractivity contribution in [3.05, 3.63) is 0 Å². The number of nitrogens with one attached hydrogen (secondary N) is 2. The summed E-state index contributed by atoms with van der Waals surface area (Å²) in [6.07, 6.45) is 1.07. The van der Waals surface area contributed by atoms with Crippen molar-refractivity contribution in [2.75, 3.05) is 46.4 Å². The van der Waals surface area contributed by atoms with Crippen molar-refractivity contribution in [1.82, 2.24) is 15.5 Å². The molecule has 0 aromatic heterocycles. The highest BCUT2D eigenvalue weighted by Crippen LogP contribution is 1.97. The van der Waals surface area contributed by atoms with E-state index in [1.165, 1.54) is 0 Å². The Morgan fingerprint density at radius 2 is 2.12 bits per heavy atom. The fourth-order valence-electron chi connectivity index (χ4n) is 1.76. The Morgan fingerprint density at radius 3 is 2.75 bits per heavy atom. The second-order valence-electron chi connectivity index (χ2n) is 4.10. The van der Waals surface area contributed by atoms with Crippen LogP contribution in [0.15, 0.2) is 0 Å². The Bertz CT molecular complexity index is 205. The van der Waals surface area contributed by atoms with Crippen LogP contribution in [0.25, 0.3) is 0 Å². The highest BCUT2D eigenvalue weighted by Gasteiger charge is 2.11. The lowest BCUT2D eigenvalue weighted by atomic mass is 10.3. The summed E-state index contributed by atoms with van der Waals surface area (Å²) in [7, 11) is 1.66. The summed E-state index contributed by atoms with van der Waals surface area (Å²) in [5.41, 5.74) is 0. The molecule has 0 radical (unpaired) electrons. The number of carbonyl (C=O) groups is 1. The number of hydrogen-bond donors (Lipinski definition) is 2. The number of rotatable bonds is 6. The third-order valence-electron chi connectivity index (χ3n) is 2.85. The summed E-state index contributed by atoms with van der Waals surface area (Å²) in [4.78, 5) is 13.6. The van der Waals surface area contributed by atoms with Gasteiger partial charge < -0.3 is 15.4 Å². The lowest BCUT2D eigenvalue weighted by Gasteiger charge is -2.26. The van der Waals surface area contributed by atoms with Crippen molar-refractivity contribution < 1.29 is 9.53 Å². The first-order valence-electron chi connectivity index (χ1n) is 5.99. The van der Waals surface area contributed by atoms with E-state index >= 15 is 0 Å². The van der Waals surface area contributed by atoms with Gasteiger partial charge in [-0.3, -0.25) is 9.69 Å². The fourth-order valence-corrected chi connectivity index (χ4v) is 1.76. The minimum absolute atomic E-state index is 0.0476. The number of likely N-dealkylation sites (N-methyl/N-ethyl adjacent to an activating group) is 1. The topological polar surface area (TPSA) is 53.6 Å². The van der Waals surface area contributed by atoms with Crippen LogP contribution in [0, 0.1) is 0 Å². The predicted molar refractivity (Wildman–Crippen MR) is 63.4 cm³/mol. The lowest BCUT2D eigenvalue weighted by Crippen LogP contribution is -2.42. The average Bonchev–Trinajstić information content (AvgIpc) is 2.34. The molecule has 0 aromatic rings. The second-order valence-corrected chi connectivity index (χ2v) is 4.10. The molecule has 1 rings (SSSR count). The van der Waals surface area contributed by atoms with E-state index in [1.54, 1.807) is 7.05 Å². The number of ether oxygens (including phenoxy) is 1. The van der Waals surface area contributed by atoms with Gasteiger partial charge in [0.15, 0.2) is 0 Å². The molecule has 5 nitrogen and oxygen atoms in total. The van der Waals surface area contributed by atoms with Crippen LogP contribution in [-0.4, -0.2) is 63.3 Å². The summed E-state index contributed by atoms with van der Waals surface area (Å²) < 4.78 is 5.28. The van der Waals surface area contributed by atoms with E-state index in [0.29, 0.717) is 0 Å². The first-order valence-corrected chi connectivity index (χ1v) is 5.99. The molecule has 94 valence electrons. The molecule has 1 amide bonds. The zero-order valence-electron chi connectivity index (χ0n) is 10.3. The van der Waals surface area contributed by atoms with E-state index in [-0.39, 0.29) is 11.9 Å². The zero-order chi connectivity index (χ0) is 11.8. The molecule has 1 unspecified atom stereocenters. The van der Waals surface area contributed by atoms with Crippen LogP contribution in [0.1, 0.15) is 13.3 Å². The SMILES string of the molecule is CNC(=O)C(C)NCCCN1CCOCC1. The van der Waals surface area contributed by atoms with Crippen LogP contribution < -0.4 is 10.6 Å². The van der Waals surface area contributed by atoms with E-state index in [0.717, 1.165) is 45.8 Å². The molecule has 1 aliphatic heterocycles. The van der Waals surface area contributed by atoms with Crippen LogP contribution >= 0.6 is 0 Å². The quantitative estimate of drug-likeness (QED) is 0.599. The molecule has 0 aromatic carbocycles. The van der Waals surface area contributed by atoms with Crippen molar-refractivity contribution in [2.24, 2.45) is 0 Å². The van der Waals surface area contributed by atoms with E-state index in [9.17, 15) is 4.79 Å². The molecule has 1 aliphatic rings. The first-order chi connectivity index (χ1) is 7.74. The molecule has 0 spiro atoms. The number of amides is 1. The number of hydrogen-bond acceptors (Lipinski definition) is 4. The summed E-state index contributed by atoms with van der Waals surface area (Å²) >= 11 is 0. The Morgan fingerprint density at radius 1 is 1.44 bits per heavy atom. The van der Waals surface area contributed by atoms with E-state index in [1.807, 2.05) is 6.92 Å². The minimum Gasteiger partial charge on any atom is -0.379 e. The second kappa shape index (κ2) is 7.60. The van der Waals surface area contributed by atoms with Crippen LogP contribution in [-0.2, 0) is 9.53 Å². The van der Waals surface area contributed by atoms with Gasteiger partial charge in [0, 0.05) is 20.1 Å². The molecule has 1 heterocycles. The summed E-state index contributed by atoms with van der Waals surface area (Å²) in [5, 5.41) is 5.83. The summed E-state index contributed by atoms with van der Waals surface area (Å²) in [6, 6.07) is -0.102. The maximum absolute atomic E-state index is 11.2. The highest BCUT2D eigenvalue weighted by atomic mass is 16.5. The van der Waals surface area contributed by atoms with Gasteiger partial charge in [-0.2, -0.15) is 0 Å². The number of nitrogens with zero attached hydrogens (tertiary/aromatic N) is 1. The third kappa shape index (κ3) is 4.92. The molecule has 1 fully saturated rings. The maximum Gasteiger partial charge on any atom is 0.236 e. The van der Waals surface area contributed by atoms with Gasteiger partial charge in [0.2, 0.25) is 5.91 Å². The molecule has 1 saturated heterocycles. The van der Waals surface area contributed by atoms with E-state index in [4.69, 9.17) is 4.74 Å². The molecule has 16 heavy (non-hydrogen) atoms. The zero-order valence-corrected chi connectivity index (χ0v) is 10.3. The largest absolute Gasteiger partial charge is 0.379 e. The van der Waals surface area contributed by atoms with Gasteiger partial charge in [-0.05, 0) is 26.4 Å². The fraction of sp³-hybridized carbons (Fsp3) is 0.909. The Kier molecular flexibility index (Phi) is 6.37. The van der Waals surface area contributed by atoms with Gasteiger partial charge in [0.1, 0.15) is 0 Å². The van der Waals surface area contributed by atoms with Crippen LogP contribution in [0.3, 0.4) is 0 Å². The summed E-state index contributed by atoms with van der Waals surface area (Å²) in [5.74, 6) is 0.0476. The monoisotopic (exact) mass is 229 g/mol. The Hall–Kier alpha value is -0.650. The van der Waals surface area contributed by atoms with Gasteiger partial charge in [0.05, 0.1) is 19.3 Å². The number of carbonyl (C=O) groups excluding carboxylic acids is 1. The normalized spacial score (nSPS) is 19.4. The van der Waals surface area contributed by atoms with Gasteiger partial charge in [-0.25, -0.2) is 0 Å². The third-order valence-corrected chi connectivity index (χ3v) is 2.85. The smallest absolute Gasteiger partial charge is 0.236 e. The van der Waals surface area contributed by atoms with Gasteiger partial charge in [-0.15, -0.1) is 0 Å². The Balaban J connectivity index is 2.00. The average molecular weight is 229 g/mol. The molecule has 0 bridgehead atoms. The standard InChI is InChI=1S/C11H23N3O2/c1-10(11(15)12-2)13-4-3-5-14-6-8-16-9-7-14/h10,13H,3-9H2,1-2H3,(H,12,15). The van der Waals surface area contributed by atoms with Crippen molar-refractivity contribution in [1.29, 1.82) is 0 Å². The molecule has 0 aliphatic carbocycles. The molecule has 1 atom stereocenters. The van der Waals surface area contributed by atoms with Crippen molar-refractivity contribution in [3.63, 3.8) is 0 Å². The van der Waals surface area contributed by atoms with Crippen LogP contribution in [0.2, 0.25) is 0 Å².